The third-order valence-corrected chi connectivity index (χ3v) is 2.87. The molecule has 0 aromatic rings. The highest BCUT2D eigenvalue weighted by Crippen LogP contribution is 2.25. The van der Waals surface area contributed by atoms with Crippen LogP contribution >= 0.6 is 0 Å². The van der Waals surface area contributed by atoms with E-state index >= 15 is 0 Å². The topological polar surface area (TPSA) is 15.3 Å². The van der Waals surface area contributed by atoms with Crippen molar-refractivity contribution in [3.05, 3.63) is 0 Å². The minimum atomic E-state index is -4.08. The van der Waals surface area contributed by atoms with Gasteiger partial charge in [0.05, 0.1) is 6.54 Å². The number of hydrogen-bond acceptors (Lipinski definition) is 2. The molecule has 2 atom stereocenters. The first-order valence-electron chi connectivity index (χ1n) is 4.86. The molecule has 0 aromatic heterocycles. The van der Waals surface area contributed by atoms with Crippen molar-refractivity contribution in [1.82, 2.24) is 10.2 Å². The Morgan fingerprint density at radius 2 is 2.00 bits per heavy atom. The Balaban J connectivity index is 2.35. The van der Waals surface area contributed by atoms with Crippen molar-refractivity contribution in [3.8, 4) is 0 Å². The van der Waals surface area contributed by atoms with E-state index in [1.165, 1.54) is 4.90 Å². The Kier molecular flexibility index (Phi) is 3.78. The lowest BCUT2D eigenvalue weighted by Crippen LogP contribution is -2.38. The number of nitrogens with one attached hydrogen (secondary N) is 1. The van der Waals surface area contributed by atoms with Gasteiger partial charge in [-0.1, -0.05) is 0 Å². The fourth-order valence-corrected chi connectivity index (χ4v) is 2.03. The van der Waals surface area contributed by atoms with Gasteiger partial charge in [0.15, 0.2) is 0 Å². The number of hydrogen-bond donors (Lipinski definition) is 1. The van der Waals surface area contributed by atoms with Crippen LogP contribution in [-0.4, -0.2) is 43.8 Å². The van der Waals surface area contributed by atoms with Crippen LogP contribution in [0, 0.1) is 0 Å². The summed E-state index contributed by atoms with van der Waals surface area (Å²) in [7, 11) is 3.41. The molecule has 0 aliphatic heterocycles. The van der Waals surface area contributed by atoms with Crippen molar-refractivity contribution in [2.75, 3.05) is 20.6 Å². The molecule has 1 aliphatic rings. The van der Waals surface area contributed by atoms with Crippen molar-refractivity contribution in [2.45, 2.75) is 37.5 Å². The van der Waals surface area contributed by atoms with Gasteiger partial charge in [-0.05, 0) is 33.4 Å². The Labute approximate surface area is 82.5 Å². The van der Waals surface area contributed by atoms with Crippen LogP contribution in [0.25, 0.3) is 0 Å². The minimum Gasteiger partial charge on any atom is -0.317 e. The molecule has 14 heavy (non-hydrogen) atoms. The summed E-state index contributed by atoms with van der Waals surface area (Å²) in [5.74, 6) is 0. The van der Waals surface area contributed by atoms with Gasteiger partial charge >= 0.3 is 6.18 Å². The lowest BCUT2D eigenvalue weighted by Gasteiger charge is -2.25. The number of rotatable bonds is 3. The zero-order valence-corrected chi connectivity index (χ0v) is 8.56. The molecular formula is C9H17F3N2. The van der Waals surface area contributed by atoms with Crippen molar-refractivity contribution in [2.24, 2.45) is 0 Å². The second-order valence-corrected chi connectivity index (χ2v) is 3.98. The first-order valence-corrected chi connectivity index (χ1v) is 4.86. The van der Waals surface area contributed by atoms with E-state index in [0.717, 1.165) is 19.3 Å². The minimum absolute atomic E-state index is 0.0778. The summed E-state index contributed by atoms with van der Waals surface area (Å²) in [5, 5.41) is 3.10. The van der Waals surface area contributed by atoms with Gasteiger partial charge in [-0.25, -0.2) is 0 Å². The molecular weight excluding hydrogens is 193 g/mol. The summed E-state index contributed by atoms with van der Waals surface area (Å²) in [6.45, 7) is -0.798. The molecule has 1 rings (SSSR count). The van der Waals surface area contributed by atoms with Crippen LogP contribution in [0.2, 0.25) is 0 Å². The Morgan fingerprint density at radius 1 is 1.36 bits per heavy atom. The fourth-order valence-electron chi connectivity index (χ4n) is 2.03. The average Bonchev–Trinajstić information content (AvgIpc) is 2.48. The predicted molar refractivity (Wildman–Crippen MR) is 49.2 cm³/mol. The van der Waals surface area contributed by atoms with Gasteiger partial charge in [0.25, 0.3) is 0 Å². The van der Waals surface area contributed by atoms with E-state index in [0.29, 0.717) is 6.04 Å². The standard InChI is InChI=1S/C9H17F3N2/c1-13-7-3-4-8(5-7)14(2)6-9(10,11)12/h7-8,13H,3-6H2,1-2H3. The number of nitrogens with zero attached hydrogens (tertiary/aromatic N) is 1. The molecule has 1 saturated carbocycles. The van der Waals surface area contributed by atoms with Gasteiger partial charge in [0, 0.05) is 12.1 Å². The van der Waals surface area contributed by atoms with Crippen LogP contribution in [0.5, 0.6) is 0 Å². The highest BCUT2D eigenvalue weighted by Gasteiger charge is 2.34. The third kappa shape index (κ3) is 3.46. The molecule has 5 heteroatoms. The first-order chi connectivity index (χ1) is 6.42. The van der Waals surface area contributed by atoms with Gasteiger partial charge in [0.2, 0.25) is 0 Å². The molecule has 2 unspecified atom stereocenters. The van der Waals surface area contributed by atoms with E-state index in [1.54, 1.807) is 7.05 Å². The Hall–Kier alpha value is -0.290. The molecule has 1 fully saturated rings. The maximum Gasteiger partial charge on any atom is 0.401 e. The molecule has 1 N–H and O–H groups in total. The second-order valence-electron chi connectivity index (χ2n) is 3.98. The van der Waals surface area contributed by atoms with E-state index in [-0.39, 0.29) is 6.04 Å². The molecule has 0 heterocycles. The molecule has 2 nitrogen and oxygen atoms in total. The summed E-state index contributed by atoms with van der Waals surface area (Å²) in [5.41, 5.74) is 0. The predicted octanol–water partition coefficient (Wildman–Crippen LogP) is 1.62. The molecule has 0 spiro atoms. The highest BCUT2D eigenvalue weighted by atomic mass is 19.4. The largest absolute Gasteiger partial charge is 0.401 e. The van der Waals surface area contributed by atoms with Crippen molar-refractivity contribution in [1.29, 1.82) is 0 Å². The monoisotopic (exact) mass is 210 g/mol. The zero-order chi connectivity index (χ0) is 10.8. The maximum absolute atomic E-state index is 12.1. The Morgan fingerprint density at radius 3 is 2.43 bits per heavy atom. The average molecular weight is 210 g/mol. The normalized spacial score (nSPS) is 28.7. The van der Waals surface area contributed by atoms with E-state index in [1.807, 2.05) is 7.05 Å². The van der Waals surface area contributed by atoms with Gasteiger partial charge < -0.3 is 5.32 Å². The van der Waals surface area contributed by atoms with E-state index < -0.39 is 12.7 Å². The van der Waals surface area contributed by atoms with Crippen LogP contribution in [0.1, 0.15) is 19.3 Å². The van der Waals surface area contributed by atoms with Gasteiger partial charge in [0.1, 0.15) is 0 Å². The SMILES string of the molecule is CNC1CCC(N(C)CC(F)(F)F)C1. The van der Waals surface area contributed by atoms with Crippen LogP contribution in [-0.2, 0) is 0 Å². The fraction of sp³-hybridized carbons (Fsp3) is 1.00. The maximum atomic E-state index is 12.1. The highest BCUT2D eigenvalue weighted by molar-refractivity contribution is 4.85. The quantitative estimate of drug-likeness (QED) is 0.761. The van der Waals surface area contributed by atoms with Gasteiger partial charge in [-0.2, -0.15) is 13.2 Å². The van der Waals surface area contributed by atoms with Crippen LogP contribution in [0.15, 0.2) is 0 Å². The summed E-state index contributed by atoms with van der Waals surface area (Å²) in [4.78, 5) is 1.41. The van der Waals surface area contributed by atoms with E-state index in [9.17, 15) is 13.2 Å². The van der Waals surface area contributed by atoms with Gasteiger partial charge in [-0.3, -0.25) is 4.90 Å². The summed E-state index contributed by atoms with van der Waals surface area (Å²) in [6.07, 6.45) is -1.42. The van der Waals surface area contributed by atoms with Crippen molar-refractivity contribution < 1.29 is 13.2 Å². The molecule has 0 saturated heterocycles. The lowest BCUT2D eigenvalue weighted by molar-refractivity contribution is -0.147. The number of alkyl halides is 3. The number of halogens is 3. The summed E-state index contributed by atoms with van der Waals surface area (Å²) >= 11 is 0. The third-order valence-electron chi connectivity index (χ3n) is 2.87. The zero-order valence-electron chi connectivity index (χ0n) is 8.56. The molecule has 0 aromatic carbocycles. The molecule has 1 aliphatic carbocycles. The molecule has 0 amide bonds. The molecule has 0 radical (unpaired) electrons. The van der Waals surface area contributed by atoms with Crippen molar-refractivity contribution >= 4 is 0 Å². The van der Waals surface area contributed by atoms with Gasteiger partial charge in [-0.15, -0.1) is 0 Å². The molecule has 84 valence electrons. The summed E-state index contributed by atoms with van der Waals surface area (Å²) < 4.78 is 36.2. The van der Waals surface area contributed by atoms with E-state index in [2.05, 4.69) is 5.32 Å². The summed E-state index contributed by atoms with van der Waals surface area (Å²) in [6, 6.07) is 0.463. The van der Waals surface area contributed by atoms with Crippen LogP contribution in [0.3, 0.4) is 0 Å². The first kappa shape index (κ1) is 11.8. The van der Waals surface area contributed by atoms with Crippen LogP contribution < -0.4 is 5.32 Å². The Bertz CT molecular complexity index is 181. The van der Waals surface area contributed by atoms with Crippen LogP contribution in [0.4, 0.5) is 13.2 Å². The smallest absolute Gasteiger partial charge is 0.317 e. The lowest BCUT2D eigenvalue weighted by atomic mass is 10.2. The van der Waals surface area contributed by atoms with E-state index in [4.69, 9.17) is 0 Å². The molecule has 0 bridgehead atoms. The van der Waals surface area contributed by atoms with Crippen molar-refractivity contribution in [3.63, 3.8) is 0 Å². The second kappa shape index (κ2) is 4.49.